The van der Waals surface area contributed by atoms with Gasteiger partial charge in [0.2, 0.25) is 0 Å². The topological polar surface area (TPSA) is 117 Å². The number of anilines is 2. The molecule has 4 aromatic rings. The fourth-order valence-electron chi connectivity index (χ4n) is 3.46. The summed E-state index contributed by atoms with van der Waals surface area (Å²) in [6.45, 7) is 1.95. The average Bonchev–Trinajstić information content (AvgIpc) is 3.19. The van der Waals surface area contributed by atoms with Gasteiger partial charge >= 0.3 is 0 Å². The van der Waals surface area contributed by atoms with Crippen LogP contribution >= 0.6 is 0 Å². The minimum atomic E-state index is -0.589. The molecule has 0 aliphatic heterocycles. The monoisotopic (exact) mass is 387 g/mol. The van der Waals surface area contributed by atoms with Crippen LogP contribution in [0.5, 0.6) is 0 Å². The van der Waals surface area contributed by atoms with Crippen LogP contribution in [0.3, 0.4) is 0 Å². The van der Waals surface area contributed by atoms with Crippen molar-refractivity contribution in [2.75, 3.05) is 5.32 Å². The van der Waals surface area contributed by atoms with Crippen molar-refractivity contribution in [2.24, 2.45) is 5.73 Å². The molecule has 5 N–H and O–H groups in total. The number of hydrogen-bond acceptors (Lipinski definition) is 5. The summed E-state index contributed by atoms with van der Waals surface area (Å²) in [6, 6.07) is 15.3. The van der Waals surface area contributed by atoms with Crippen molar-refractivity contribution in [1.29, 1.82) is 0 Å². The van der Waals surface area contributed by atoms with E-state index in [4.69, 9.17) is 5.73 Å². The van der Waals surface area contributed by atoms with Crippen molar-refractivity contribution in [3.05, 3.63) is 71.4 Å². The molecule has 2 heterocycles. The van der Waals surface area contributed by atoms with Crippen LogP contribution in [0.2, 0.25) is 0 Å². The molecule has 29 heavy (non-hydrogen) atoms. The summed E-state index contributed by atoms with van der Waals surface area (Å²) in [5, 5.41) is 13.0. The van der Waals surface area contributed by atoms with E-state index >= 15 is 0 Å². The van der Waals surface area contributed by atoms with E-state index in [1.54, 1.807) is 0 Å². The number of nitrogens with zero attached hydrogens (tertiary/aromatic N) is 2. The van der Waals surface area contributed by atoms with Crippen LogP contribution in [-0.4, -0.2) is 26.0 Å². The molecule has 146 valence electrons. The van der Waals surface area contributed by atoms with E-state index in [0.717, 1.165) is 28.8 Å². The molecule has 7 nitrogen and oxygen atoms in total. The lowest BCUT2D eigenvalue weighted by molar-refractivity contribution is 0.100. The number of carbonyl (C=O) groups is 1. The summed E-state index contributed by atoms with van der Waals surface area (Å²) in [5.74, 6) is 0.0618. The quantitative estimate of drug-likeness (QED) is 0.404. The zero-order valence-corrected chi connectivity index (χ0v) is 15.9. The van der Waals surface area contributed by atoms with Crippen molar-refractivity contribution in [3.63, 3.8) is 0 Å². The Bertz CT molecular complexity index is 1180. The number of aliphatic hydroxyl groups is 1. The zero-order valence-electron chi connectivity index (χ0n) is 15.9. The number of pyridine rings is 1. The van der Waals surface area contributed by atoms with Gasteiger partial charge in [-0.3, -0.25) is 4.79 Å². The van der Waals surface area contributed by atoms with Crippen molar-refractivity contribution in [2.45, 2.75) is 20.0 Å². The number of amides is 1. The second kappa shape index (κ2) is 7.73. The Hall–Kier alpha value is -3.71. The fraction of sp³-hybridized carbons (Fsp3) is 0.136. The van der Waals surface area contributed by atoms with Crippen LogP contribution in [0.4, 0.5) is 11.4 Å². The Morgan fingerprint density at radius 3 is 2.66 bits per heavy atom. The highest BCUT2D eigenvalue weighted by molar-refractivity contribution is 6.06. The van der Waals surface area contributed by atoms with Gasteiger partial charge in [-0.2, -0.15) is 0 Å². The first kappa shape index (κ1) is 18.6. The van der Waals surface area contributed by atoms with Crippen LogP contribution in [0.15, 0.2) is 54.7 Å². The zero-order chi connectivity index (χ0) is 20.4. The van der Waals surface area contributed by atoms with Crippen molar-refractivity contribution < 1.29 is 9.90 Å². The van der Waals surface area contributed by atoms with E-state index < -0.39 is 5.91 Å². The highest BCUT2D eigenvalue weighted by atomic mass is 16.3. The highest BCUT2D eigenvalue weighted by Crippen LogP contribution is 2.32. The number of fused-ring (bicyclic) bond motifs is 1. The van der Waals surface area contributed by atoms with Gasteiger partial charge in [-0.1, -0.05) is 49.4 Å². The van der Waals surface area contributed by atoms with Crippen LogP contribution in [0, 0.1) is 0 Å². The number of H-pyrrole nitrogens is 1. The minimum Gasteiger partial charge on any atom is -0.392 e. The summed E-state index contributed by atoms with van der Waals surface area (Å²) in [5.41, 5.74) is 11.0. The molecule has 0 aliphatic carbocycles. The van der Waals surface area contributed by atoms with E-state index in [1.807, 2.05) is 55.5 Å². The number of aliphatic hydroxyl groups excluding tert-OH is 1. The lowest BCUT2D eigenvalue weighted by atomic mass is 10.0. The SMILES string of the molecule is CCc1c(CO)cccc1Nc1c(C(N)=O)cnc2nc(-c3ccccc3)[nH]c12. The molecule has 0 saturated heterocycles. The molecule has 0 fully saturated rings. The second-order valence-electron chi connectivity index (χ2n) is 6.64. The molecular formula is C22H21N5O2. The van der Waals surface area contributed by atoms with E-state index in [9.17, 15) is 9.90 Å². The van der Waals surface area contributed by atoms with Crippen molar-refractivity contribution >= 4 is 28.4 Å². The predicted molar refractivity (Wildman–Crippen MR) is 113 cm³/mol. The summed E-state index contributed by atoms with van der Waals surface area (Å²) in [4.78, 5) is 24.2. The number of aromatic amines is 1. The van der Waals surface area contributed by atoms with Gasteiger partial charge in [0.1, 0.15) is 11.3 Å². The summed E-state index contributed by atoms with van der Waals surface area (Å²) in [6.07, 6.45) is 2.15. The van der Waals surface area contributed by atoms with Gasteiger partial charge in [0.25, 0.3) is 5.91 Å². The fourth-order valence-corrected chi connectivity index (χ4v) is 3.46. The third-order valence-electron chi connectivity index (χ3n) is 4.89. The molecule has 0 radical (unpaired) electrons. The number of benzene rings is 2. The molecule has 1 amide bonds. The Balaban J connectivity index is 1.89. The van der Waals surface area contributed by atoms with Crippen molar-refractivity contribution in [3.8, 4) is 11.4 Å². The van der Waals surface area contributed by atoms with Gasteiger partial charge in [0.15, 0.2) is 5.65 Å². The molecular weight excluding hydrogens is 366 g/mol. The van der Waals surface area contributed by atoms with Gasteiger partial charge in [0, 0.05) is 17.4 Å². The number of imidazole rings is 1. The maximum absolute atomic E-state index is 12.1. The number of nitrogens with one attached hydrogen (secondary N) is 2. The van der Waals surface area contributed by atoms with Gasteiger partial charge in [-0.25, -0.2) is 9.97 Å². The Morgan fingerprint density at radius 2 is 1.97 bits per heavy atom. The minimum absolute atomic E-state index is 0.0602. The van der Waals surface area contributed by atoms with Crippen LogP contribution < -0.4 is 11.1 Å². The summed E-state index contributed by atoms with van der Waals surface area (Å²) >= 11 is 0. The molecule has 0 spiro atoms. The van der Waals surface area contributed by atoms with Gasteiger partial charge in [-0.15, -0.1) is 0 Å². The Labute approximate surface area is 167 Å². The average molecular weight is 387 g/mol. The first-order valence-corrected chi connectivity index (χ1v) is 9.35. The molecule has 2 aromatic carbocycles. The normalized spacial score (nSPS) is 11.0. The molecule has 0 saturated carbocycles. The van der Waals surface area contributed by atoms with Crippen LogP contribution in [-0.2, 0) is 13.0 Å². The molecule has 4 rings (SSSR count). The smallest absolute Gasteiger partial charge is 0.252 e. The predicted octanol–water partition coefficient (Wildman–Crippen LogP) is 3.52. The molecule has 7 heteroatoms. The summed E-state index contributed by atoms with van der Waals surface area (Å²) < 4.78 is 0. The first-order valence-electron chi connectivity index (χ1n) is 9.35. The lowest BCUT2D eigenvalue weighted by Crippen LogP contribution is -2.14. The van der Waals surface area contributed by atoms with E-state index in [1.165, 1.54) is 6.20 Å². The van der Waals surface area contributed by atoms with Crippen molar-refractivity contribution in [1.82, 2.24) is 15.0 Å². The number of aromatic nitrogens is 3. The van der Waals surface area contributed by atoms with Crippen LogP contribution in [0.1, 0.15) is 28.4 Å². The third-order valence-corrected chi connectivity index (χ3v) is 4.89. The third kappa shape index (κ3) is 3.43. The molecule has 2 aromatic heterocycles. The lowest BCUT2D eigenvalue weighted by Gasteiger charge is -2.16. The largest absolute Gasteiger partial charge is 0.392 e. The number of hydrogen-bond donors (Lipinski definition) is 4. The molecule has 0 unspecified atom stereocenters. The highest BCUT2D eigenvalue weighted by Gasteiger charge is 2.18. The maximum atomic E-state index is 12.1. The summed E-state index contributed by atoms with van der Waals surface area (Å²) in [7, 11) is 0. The maximum Gasteiger partial charge on any atom is 0.252 e. The molecule has 0 bridgehead atoms. The Kier molecular flexibility index (Phi) is 4.97. The van der Waals surface area contributed by atoms with Gasteiger partial charge in [0.05, 0.1) is 17.9 Å². The molecule has 0 atom stereocenters. The van der Waals surface area contributed by atoms with Crippen LogP contribution in [0.25, 0.3) is 22.6 Å². The standard InChI is InChI=1S/C22H21N5O2/c1-2-15-14(12-28)9-6-10-17(15)25-18-16(20(23)29)11-24-22-19(18)26-21(27-22)13-7-4-3-5-8-13/h3-11,28H,2,12H2,1H3,(H2,23,29)(H2,24,25,26,27). The van der Waals surface area contributed by atoms with Gasteiger partial charge in [-0.05, 0) is 23.6 Å². The Morgan fingerprint density at radius 1 is 1.17 bits per heavy atom. The number of primary amides is 1. The number of carbonyl (C=O) groups excluding carboxylic acids is 1. The van der Waals surface area contributed by atoms with E-state index in [2.05, 4.69) is 20.3 Å². The van der Waals surface area contributed by atoms with Gasteiger partial charge < -0.3 is 21.1 Å². The number of rotatable bonds is 6. The van der Waals surface area contributed by atoms with E-state index in [0.29, 0.717) is 22.7 Å². The first-order chi connectivity index (χ1) is 14.1. The molecule has 0 aliphatic rings. The van der Waals surface area contributed by atoms with E-state index in [-0.39, 0.29) is 12.2 Å². The number of nitrogens with two attached hydrogens (primary N) is 1. The second-order valence-corrected chi connectivity index (χ2v) is 6.64.